The van der Waals surface area contributed by atoms with Gasteiger partial charge in [-0.3, -0.25) is 9.80 Å². The predicted octanol–water partition coefficient (Wildman–Crippen LogP) is 2.92. The van der Waals surface area contributed by atoms with E-state index in [1.165, 1.54) is 17.2 Å². The maximum absolute atomic E-state index is 13.0. The second-order valence-corrected chi connectivity index (χ2v) is 7.05. The van der Waals surface area contributed by atoms with Crippen LogP contribution < -0.4 is 15.1 Å². The van der Waals surface area contributed by atoms with Gasteiger partial charge in [0.1, 0.15) is 0 Å². The van der Waals surface area contributed by atoms with E-state index in [0.717, 1.165) is 48.9 Å². The SMILES string of the molecule is O=C(O)C=Cc1ccc(N2CCN(c3ccc4c(c3)CCNCC4)C2=O)cc1. The number of urea groups is 1. The molecule has 0 bridgehead atoms. The quantitative estimate of drug-likeness (QED) is 0.804. The van der Waals surface area contributed by atoms with Gasteiger partial charge in [-0.05, 0) is 73.0 Å². The topological polar surface area (TPSA) is 72.9 Å². The fraction of sp³-hybridized carbons (Fsp3) is 0.273. The number of hydrogen-bond acceptors (Lipinski definition) is 3. The van der Waals surface area contributed by atoms with E-state index in [1.54, 1.807) is 4.90 Å². The van der Waals surface area contributed by atoms with Crippen molar-refractivity contribution in [2.45, 2.75) is 12.8 Å². The van der Waals surface area contributed by atoms with Gasteiger partial charge in [0.15, 0.2) is 0 Å². The summed E-state index contributed by atoms with van der Waals surface area (Å²) in [5, 5.41) is 12.1. The lowest BCUT2D eigenvalue weighted by Gasteiger charge is -2.20. The third-order valence-corrected chi connectivity index (χ3v) is 5.28. The van der Waals surface area contributed by atoms with Gasteiger partial charge in [0.2, 0.25) is 0 Å². The fourth-order valence-corrected chi connectivity index (χ4v) is 3.78. The molecule has 28 heavy (non-hydrogen) atoms. The minimum absolute atomic E-state index is 0.0273. The summed E-state index contributed by atoms with van der Waals surface area (Å²) in [5.41, 5.74) is 5.24. The second kappa shape index (κ2) is 7.86. The molecular weight excluding hydrogens is 354 g/mol. The average molecular weight is 377 g/mol. The van der Waals surface area contributed by atoms with E-state index >= 15 is 0 Å². The van der Waals surface area contributed by atoms with Crippen molar-refractivity contribution < 1.29 is 14.7 Å². The van der Waals surface area contributed by atoms with E-state index in [2.05, 4.69) is 17.4 Å². The zero-order valence-corrected chi connectivity index (χ0v) is 15.6. The van der Waals surface area contributed by atoms with Crippen LogP contribution in [0.1, 0.15) is 16.7 Å². The molecule has 0 unspecified atom stereocenters. The van der Waals surface area contributed by atoms with E-state index in [0.29, 0.717) is 13.1 Å². The van der Waals surface area contributed by atoms with Crippen LogP contribution in [0.15, 0.2) is 48.5 Å². The Labute approximate surface area is 164 Å². The lowest BCUT2D eigenvalue weighted by Crippen LogP contribution is -2.31. The Morgan fingerprint density at radius 3 is 2.29 bits per heavy atom. The van der Waals surface area contributed by atoms with E-state index in [-0.39, 0.29) is 6.03 Å². The third-order valence-electron chi connectivity index (χ3n) is 5.28. The van der Waals surface area contributed by atoms with Gasteiger partial charge < -0.3 is 10.4 Å². The first-order valence-corrected chi connectivity index (χ1v) is 9.54. The van der Waals surface area contributed by atoms with Crippen LogP contribution in [0.5, 0.6) is 0 Å². The van der Waals surface area contributed by atoms with Crippen LogP contribution in [0, 0.1) is 0 Å². The standard InChI is InChI=1S/C22H23N3O3/c26-21(27)8-3-16-1-5-19(6-2-16)24-13-14-25(22(24)28)20-7-4-17-9-11-23-12-10-18(17)15-20/h1-8,15,23H,9-14H2,(H,26,27). The summed E-state index contributed by atoms with van der Waals surface area (Å²) in [6.45, 7) is 3.25. The minimum Gasteiger partial charge on any atom is -0.478 e. The summed E-state index contributed by atoms with van der Waals surface area (Å²) >= 11 is 0. The number of rotatable bonds is 4. The Morgan fingerprint density at radius 2 is 1.57 bits per heavy atom. The monoisotopic (exact) mass is 377 g/mol. The molecule has 1 saturated heterocycles. The van der Waals surface area contributed by atoms with Gasteiger partial charge in [-0.15, -0.1) is 0 Å². The van der Waals surface area contributed by atoms with E-state index in [9.17, 15) is 9.59 Å². The van der Waals surface area contributed by atoms with Crippen LogP contribution in [0.3, 0.4) is 0 Å². The molecule has 0 atom stereocenters. The number of hydrogen-bond donors (Lipinski definition) is 2. The van der Waals surface area contributed by atoms with Crippen molar-refractivity contribution in [3.05, 3.63) is 65.2 Å². The van der Waals surface area contributed by atoms with Crippen molar-refractivity contribution in [3.8, 4) is 0 Å². The highest BCUT2D eigenvalue weighted by Gasteiger charge is 2.31. The second-order valence-electron chi connectivity index (χ2n) is 7.05. The highest BCUT2D eigenvalue weighted by Crippen LogP contribution is 2.28. The van der Waals surface area contributed by atoms with E-state index in [1.807, 2.05) is 35.2 Å². The molecule has 0 saturated carbocycles. The highest BCUT2D eigenvalue weighted by molar-refractivity contribution is 6.06. The molecule has 0 aromatic heterocycles. The zero-order valence-electron chi connectivity index (χ0n) is 15.6. The van der Waals surface area contributed by atoms with Crippen molar-refractivity contribution in [1.82, 2.24) is 5.32 Å². The summed E-state index contributed by atoms with van der Waals surface area (Å²) in [5.74, 6) is -0.981. The molecule has 2 aromatic rings. The molecule has 6 nitrogen and oxygen atoms in total. The Balaban J connectivity index is 1.51. The largest absolute Gasteiger partial charge is 0.478 e. The van der Waals surface area contributed by atoms with Crippen molar-refractivity contribution in [3.63, 3.8) is 0 Å². The molecule has 6 heteroatoms. The number of carbonyl (C=O) groups excluding carboxylic acids is 1. The highest BCUT2D eigenvalue weighted by atomic mass is 16.4. The van der Waals surface area contributed by atoms with Gasteiger partial charge in [0.25, 0.3) is 0 Å². The maximum Gasteiger partial charge on any atom is 0.329 e. The Kier molecular flexibility index (Phi) is 5.12. The number of carboxylic acid groups (broad SMARTS) is 1. The zero-order chi connectivity index (χ0) is 19.5. The van der Waals surface area contributed by atoms with Crippen LogP contribution in [0.4, 0.5) is 16.2 Å². The fourth-order valence-electron chi connectivity index (χ4n) is 3.78. The van der Waals surface area contributed by atoms with Crippen molar-refractivity contribution in [2.75, 3.05) is 36.0 Å². The molecule has 1 fully saturated rings. The molecule has 144 valence electrons. The summed E-state index contributed by atoms with van der Waals surface area (Å²) in [4.78, 5) is 27.2. The van der Waals surface area contributed by atoms with Crippen LogP contribution in [0.2, 0.25) is 0 Å². The maximum atomic E-state index is 13.0. The van der Waals surface area contributed by atoms with Gasteiger partial charge >= 0.3 is 12.0 Å². The summed E-state index contributed by atoms with van der Waals surface area (Å²) in [7, 11) is 0. The number of nitrogens with zero attached hydrogens (tertiary/aromatic N) is 2. The van der Waals surface area contributed by atoms with Crippen LogP contribution in [0.25, 0.3) is 6.08 Å². The summed E-state index contributed by atoms with van der Waals surface area (Å²) in [6, 6.07) is 13.7. The summed E-state index contributed by atoms with van der Waals surface area (Å²) < 4.78 is 0. The third kappa shape index (κ3) is 3.77. The minimum atomic E-state index is -0.981. The molecule has 0 aliphatic carbocycles. The number of fused-ring (bicyclic) bond motifs is 1. The molecule has 0 spiro atoms. The van der Waals surface area contributed by atoms with Crippen LogP contribution in [-0.4, -0.2) is 43.3 Å². The summed E-state index contributed by atoms with van der Waals surface area (Å²) in [6.07, 6.45) is 4.65. The number of aliphatic carboxylic acids is 1. The number of carbonyl (C=O) groups is 2. The average Bonchev–Trinajstić information content (AvgIpc) is 2.93. The lowest BCUT2D eigenvalue weighted by atomic mass is 10.0. The molecule has 2 aliphatic heterocycles. The van der Waals surface area contributed by atoms with E-state index < -0.39 is 5.97 Å². The van der Waals surface area contributed by atoms with Crippen molar-refractivity contribution in [1.29, 1.82) is 0 Å². The molecule has 2 aliphatic rings. The van der Waals surface area contributed by atoms with Crippen molar-refractivity contribution in [2.24, 2.45) is 0 Å². The van der Waals surface area contributed by atoms with Gasteiger partial charge in [-0.1, -0.05) is 18.2 Å². The van der Waals surface area contributed by atoms with Gasteiger partial charge in [0, 0.05) is 30.5 Å². The Bertz CT molecular complexity index is 921. The number of carboxylic acids is 1. The molecule has 2 heterocycles. The van der Waals surface area contributed by atoms with Gasteiger partial charge in [0.05, 0.1) is 0 Å². The number of amides is 2. The number of nitrogens with one attached hydrogen (secondary N) is 1. The van der Waals surface area contributed by atoms with Crippen LogP contribution >= 0.6 is 0 Å². The first-order valence-electron chi connectivity index (χ1n) is 9.54. The first-order chi connectivity index (χ1) is 13.6. The predicted molar refractivity (Wildman–Crippen MR) is 110 cm³/mol. The van der Waals surface area contributed by atoms with Gasteiger partial charge in [-0.2, -0.15) is 0 Å². The molecule has 4 rings (SSSR count). The number of benzene rings is 2. The first kappa shape index (κ1) is 18.3. The van der Waals surface area contributed by atoms with E-state index in [4.69, 9.17) is 5.11 Å². The normalized spacial score (nSPS) is 17.1. The molecule has 2 amide bonds. The Hall–Kier alpha value is -3.12. The molecule has 2 N–H and O–H groups in total. The van der Waals surface area contributed by atoms with Crippen LogP contribution in [-0.2, 0) is 17.6 Å². The molecule has 0 radical (unpaired) electrons. The van der Waals surface area contributed by atoms with Crippen molar-refractivity contribution >= 4 is 29.5 Å². The lowest BCUT2D eigenvalue weighted by molar-refractivity contribution is -0.131. The number of anilines is 2. The molecular formula is C22H23N3O3. The molecule has 2 aromatic carbocycles. The Morgan fingerprint density at radius 1 is 0.929 bits per heavy atom. The van der Waals surface area contributed by atoms with Gasteiger partial charge in [-0.25, -0.2) is 9.59 Å². The smallest absolute Gasteiger partial charge is 0.329 e.